The molecule has 0 spiro atoms. The second kappa shape index (κ2) is 5.69. The van der Waals surface area contributed by atoms with Gasteiger partial charge in [0.1, 0.15) is 0 Å². The first kappa shape index (κ1) is 13.3. The lowest BCUT2D eigenvalue weighted by molar-refractivity contribution is 0.817. The highest BCUT2D eigenvalue weighted by molar-refractivity contribution is 8.01. The molecule has 2 rings (SSSR count). The van der Waals surface area contributed by atoms with E-state index in [0.29, 0.717) is 0 Å². The number of hydrogen-bond donors (Lipinski definition) is 1. The van der Waals surface area contributed by atoms with Gasteiger partial charge in [0.15, 0.2) is 4.34 Å². The van der Waals surface area contributed by atoms with E-state index in [1.54, 1.807) is 23.1 Å². The lowest BCUT2D eigenvalue weighted by atomic mass is 10.1. The molecule has 0 radical (unpaired) electrons. The summed E-state index contributed by atoms with van der Waals surface area (Å²) in [7, 11) is 3.93. The Morgan fingerprint density at radius 1 is 1.22 bits per heavy atom. The highest BCUT2D eigenvalue weighted by Crippen LogP contribution is 2.32. The Bertz CT molecular complexity index is 505. The van der Waals surface area contributed by atoms with Gasteiger partial charge in [-0.05, 0) is 24.6 Å². The molecule has 0 aliphatic heterocycles. The molecule has 0 saturated carbocycles. The molecule has 2 aromatic rings. The highest BCUT2D eigenvalue weighted by atomic mass is 32.2. The SMILES string of the molecule is CC(N)c1ccc(Sc2nnc(N(C)C)s2)cc1. The van der Waals surface area contributed by atoms with E-state index in [0.717, 1.165) is 19.9 Å². The van der Waals surface area contributed by atoms with Crippen LogP contribution in [-0.4, -0.2) is 24.3 Å². The number of nitrogens with zero attached hydrogens (tertiary/aromatic N) is 3. The molecule has 1 aromatic carbocycles. The maximum Gasteiger partial charge on any atom is 0.208 e. The fourth-order valence-electron chi connectivity index (χ4n) is 1.36. The molecule has 96 valence electrons. The van der Waals surface area contributed by atoms with Crippen LogP contribution >= 0.6 is 23.1 Å². The second-order valence-electron chi connectivity index (χ2n) is 4.20. The van der Waals surface area contributed by atoms with Crippen LogP contribution in [0.5, 0.6) is 0 Å². The monoisotopic (exact) mass is 280 g/mol. The molecular formula is C12H16N4S2. The predicted molar refractivity (Wildman–Crippen MR) is 77.4 cm³/mol. The first-order chi connectivity index (χ1) is 8.56. The molecule has 4 nitrogen and oxygen atoms in total. The van der Waals surface area contributed by atoms with E-state index in [4.69, 9.17) is 5.73 Å². The zero-order valence-corrected chi connectivity index (χ0v) is 12.3. The fraction of sp³-hybridized carbons (Fsp3) is 0.333. The van der Waals surface area contributed by atoms with Crippen molar-refractivity contribution in [3.8, 4) is 0 Å². The molecule has 1 aromatic heterocycles. The summed E-state index contributed by atoms with van der Waals surface area (Å²) in [6.07, 6.45) is 0. The third-order valence-electron chi connectivity index (χ3n) is 2.39. The van der Waals surface area contributed by atoms with E-state index < -0.39 is 0 Å². The van der Waals surface area contributed by atoms with Gasteiger partial charge in [-0.15, -0.1) is 10.2 Å². The third kappa shape index (κ3) is 3.22. The number of benzene rings is 1. The second-order valence-corrected chi connectivity index (χ2v) is 6.48. The number of nitrogens with two attached hydrogens (primary N) is 1. The van der Waals surface area contributed by atoms with Gasteiger partial charge in [0.05, 0.1) is 0 Å². The Morgan fingerprint density at radius 2 is 1.89 bits per heavy atom. The molecule has 1 heterocycles. The van der Waals surface area contributed by atoms with Crippen LogP contribution in [0, 0.1) is 0 Å². The fourth-order valence-corrected chi connectivity index (χ4v) is 3.10. The van der Waals surface area contributed by atoms with Gasteiger partial charge in [0.2, 0.25) is 5.13 Å². The van der Waals surface area contributed by atoms with Crippen LogP contribution in [0.1, 0.15) is 18.5 Å². The van der Waals surface area contributed by atoms with Crippen molar-refractivity contribution in [1.82, 2.24) is 10.2 Å². The van der Waals surface area contributed by atoms with Crippen LogP contribution in [0.2, 0.25) is 0 Å². The zero-order chi connectivity index (χ0) is 13.1. The Balaban J connectivity index is 2.08. The van der Waals surface area contributed by atoms with E-state index in [1.807, 2.05) is 25.9 Å². The summed E-state index contributed by atoms with van der Waals surface area (Å²) in [5.41, 5.74) is 6.96. The van der Waals surface area contributed by atoms with Crippen LogP contribution in [0.25, 0.3) is 0 Å². The van der Waals surface area contributed by atoms with Gasteiger partial charge in [-0.3, -0.25) is 0 Å². The summed E-state index contributed by atoms with van der Waals surface area (Å²) in [6.45, 7) is 1.98. The minimum atomic E-state index is 0.0749. The number of anilines is 1. The lowest BCUT2D eigenvalue weighted by Gasteiger charge is -2.05. The van der Waals surface area contributed by atoms with E-state index in [9.17, 15) is 0 Å². The van der Waals surface area contributed by atoms with Crippen LogP contribution in [0.3, 0.4) is 0 Å². The molecule has 1 atom stereocenters. The summed E-state index contributed by atoms with van der Waals surface area (Å²) in [6, 6.07) is 8.33. The van der Waals surface area contributed by atoms with Crippen molar-refractivity contribution in [1.29, 1.82) is 0 Å². The quantitative estimate of drug-likeness (QED) is 0.933. The third-order valence-corrected chi connectivity index (χ3v) is 4.54. The molecule has 0 aliphatic carbocycles. The van der Waals surface area contributed by atoms with Gasteiger partial charge >= 0.3 is 0 Å². The Labute approximate surface area is 115 Å². The van der Waals surface area contributed by atoms with Gasteiger partial charge < -0.3 is 10.6 Å². The summed E-state index contributed by atoms with van der Waals surface area (Å²) in [4.78, 5) is 3.11. The van der Waals surface area contributed by atoms with Gasteiger partial charge in [-0.2, -0.15) is 0 Å². The van der Waals surface area contributed by atoms with Gasteiger partial charge in [0, 0.05) is 25.0 Å². The number of rotatable bonds is 4. The van der Waals surface area contributed by atoms with Crippen molar-refractivity contribution >= 4 is 28.2 Å². The Hall–Kier alpha value is -1.11. The topological polar surface area (TPSA) is 55.0 Å². The molecule has 0 bridgehead atoms. The van der Waals surface area contributed by atoms with Crippen LogP contribution in [0.4, 0.5) is 5.13 Å². The molecule has 2 N–H and O–H groups in total. The molecule has 0 amide bonds. The summed E-state index contributed by atoms with van der Waals surface area (Å²) < 4.78 is 0.951. The first-order valence-electron chi connectivity index (χ1n) is 5.60. The predicted octanol–water partition coefficient (Wildman–Crippen LogP) is 2.78. The zero-order valence-electron chi connectivity index (χ0n) is 10.6. The molecule has 0 saturated heterocycles. The van der Waals surface area contributed by atoms with Gasteiger partial charge in [0.25, 0.3) is 0 Å². The lowest BCUT2D eigenvalue weighted by Crippen LogP contribution is -2.07. The average molecular weight is 280 g/mol. The molecule has 6 heteroatoms. The maximum absolute atomic E-state index is 5.82. The van der Waals surface area contributed by atoms with E-state index >= 15 is 0 Å². The maximum atomic E-state index is 5.82. The molecule has 0 aliphatic rings. The van der Waals surface area contributed by atoms with Crippen molar-refractivity contribution in [3.05, 3.63) is 29.8 Å². The number of hydrogen-bond acceptors (Lipinski definition) is 6. The van der Waals surface area contributed by atoms with Crippen molar-refractivity contribution in [3.63, 3.8) is 0 Å². The van der Waals surface area contributed by atoms with Crippen molar-refractivity contribution in [2.45, 2.75) is 22.2 Å². The van der Waals surface area contributed by atoms with Gasteiger partial charge in [-0.25, -0.2) is 0 Å². The molecule has 1 unspecified atom stereocenters. The van der Waals surface area contributed by atoms with Crippen LogP contribution in [0.15, 0.2) is 33.5 Å². The van der Waals surface area contributed by atoms with E-state index in [-0.39, 0.29) is 6.04 Å². The van der Waals surface area contributed by atoms with Crippen molar-refractivity contribution < 1.29 is 0 Å². The first-order valence-corrected chi connectivity index (χ1v) is 7.24. The smallest absolute Gasteiger partial charge is 0.208 e. The average Bonchev–Trinajstić information content (AvgIpc) is 2.78. The van der Waals surface area contributed by atoms with Crippen LogP contribution in [-0.2, 0) is 0 Å². The van der Waals surface area contributed by atoms with Crippen molar-refractivity contribution in [2.24, 2.45) is 5.73 Å². The summed E-state index contributed by atoms with van der Waals surface area (Å²) in [5.74, 6) is 0. The Morgan fingerprint density at radius 3 is 2.39 bits per heavy atom. The highest BCUT2D eigenvalue weighted by Gasteiger charge is 2.07. The molecular weight excluding hydrogens is 264 g/mol. The normalized spacial score (nSPS) is 12.4. The van der Waals surface area contributed by atoms with E-state index in [2.05, 4.69) is 34.5 Å². The van der Waals surface area contributed by atoms with E-state index in [1.165, 1.54) is 0 Å². The Kier molecular flexibility index (Phi) is 4.21. The van der Waals surface area contributed by atoms with Gasteiger partial charge in [-0.1, -0.05) is 35.2 Å². The molecule has 0 fully saturated rings. The molecule has 18 heavy (non-hydrogen) atoms. The minimum Gasteiger partial charge on any atom is -0.353 e. The van der Waals surface area contributed by atoms with Crippen molar-refractivity contribution in [2.75, 3.05) is 19.0 Å². The minimum absolute atomic E-state index is 0.0749. The standard InChI is InChI=1S/C12H16N4S2/c1-8(13)9-4-6-10(7-5-9)17-12-15-14-11(18-12)16(2)3/h4-8H,13H2,1-3H3. The number of aromatic nitrogens is 2. The summed E-state index contributed by atoms with van der Waals surface area (Å²) in [5, 5.41) is 9.19. The van der Waals surface area contributed by atoms with Crippen LogP contribution < -0.4 is 10.6 Å². The largest absolute Gasteiger partial charge is 0.353 e. The summed E-state index contributed by atoms with van der Waals surface area (Å²) >= 11 is 3.21.